The monoisotopic (exact) mass is 366 g/mol. The van der Waals surface area contributed by atoms with Crippen molar-refractivity contribution >= 4 is 6.14 Å². The van der Waals surface area contributed by atoms with Crippen molar-refractivity contribution in [3.8, 4) is 0 Å². The summed E-state index contributed by atoms with van der Waals surface area (Å²) in [6, 6.07) is -4.23. The van der Waals surface area contributed by atoms with Gasteiger partial charge >= 0.3 is 105 Å². The Labute approximate surface area is 105 Å². The summed E-state index contributed by atoms with van der Waals surface area (Å²) in [6.07, 6.45) is 0. The van der Waals surface area contributed by atoms with E-state index in [0.717, 1.165) is 0 Å². The molecule has 0 aromatic heterocycles. The summed E-state index contributed by atoms with van der Waals surface area (Å²) in [5.74, 6) is 0. The van der Waals surface area contributed by atoms with Crippen LogP contribution in [0, 0.1) is 0 Å². The fraction of sp³-hybridized carbons (Fsp3) is 0. The van der Waals surface area contributed by atoms with Crippen molar-refractivity contribution in [2.24, 2.45) is 0 Å². The molecular formula is C12H10Hg. The first-order valence-electron chi connectivity index (χ1n) is 8.71. The Morgan fingerprint density at radius 2 is 1.08 bits per heavy atom. The molecule has 2 aromatic rings. The van der Waals surface area contributed by atoms with Gasteiger partial charge < -0.3 is 0 Å². The van der Waals surface area contributed by atoms with E-state index in [1.165, 1.54) is 0 Å². The molecule has 0 spiro atoms. The van der Waals surface area contributed by atoms with Crippen LogP contribution in [0.15, 0.2) is 60.4 Å². The molecule has 0 saturated carbocycles. The zero-order valence-electron chi connectivity index (χ0n) is 16.7. The van der Waals surface area contributed by atoms with Crippen LogP contribution < -0.4 is 6.14 Å². The summed E-state index contributed by atoms with van der Waals surface area (Å²) < 4.78 is 77.6. The van der Waals surface area contributed by atoms with E-state index in [1.54, 1.807) is 0 Å². The molecule has 0 heterocycles. The van der Waals surface area contributed by atoms with E-state index in [4.69, 9.17) is 13.7 Å². The van der Waals surface area contributed by atoms with Crippen molar-refractivity contribution in [2.75, 3.05) is 0 Å². The van der Waals surface area contributed by atoms with Gasteiger partial charge in [0, 0.05) is 0 Å². The molecule has 0 amide bonds. The molecule has 0 N–H and O–H groups in total. The van der Waals surface area contributed by atoms with Crippen molar-refractivity contribution < 1.29 is 38.3 Å². The molecule has 0 atom stereocenters. The molecule has 13 heavy (non-hydrogen) atoms. The normalized spacial score (nSPS) is 20.0. The second-order valence-electron chi connectivity index (χ2n) is 2.38. The average Bonchev–Trinajstić information content (AvgIpc) is 2.54. The first kappa shape index (κ1) is 2.93. The van der Waals surface area contributed by atoms with Crippen molar-refractivity contribution in [1.82, 2.24) is 0 Å². The summed E-state index contributed by atoms with van der Waals surface area (Å²) in [5.41, 5.74) is 0. The van der Waals surface area contributed by atoms with Gasteiger partial charge in [-0.25, -0.2) is 0 Å². The number of hydrogen-bond donors (Lipinski definition) is 0. The average molecular weight is 365 g/mol. The summed E-state index contributed by atoms with van der Waals surface area (Å²) in [6.45, 7) is 0. The van der Waals surface area contributed by atoms with Crippen LogP contribution in [0.5, 0.6) is 0 Å². The topological polar surface area (TPSA) is 0 Å². The van der Waals surface area contributed by atoms with Crippen molar-refractivity contribution in [3.05, 3.63) is 60.4 Å². The molecule has 0 fully saturated rings. The van der Waals surface area contributed by atoms with Gasteiger partial charge in [-0.15, -0.1) is 0 Å². The Bertz CT molecular complexity index is 691. The van der Waals surface area contributed by atoms with Crippen molar-refractivity contribution in [2.45, 2.75) is 0 Å². The second-order valence-corrected chi connectivity index (χ2v) is 9.26. The maximum atomic E-state index is 7.91. The Morgan fingerprint density at radius 1 is 0.692 bits per heavy atom. The molecule has 0 aliphatic rings. The minimum atomic E-state index is -2.78. The molecular weight excluding hydrogens is 345 g/mol. The van der Waals surface area contributed by atoms with Gasteiger partial charge in [0.2, 0.25) is 0 Å². The third kappa shape index (κ3) is 2.66. The van der Waals surface area contributed by atoms with E-state index >= 15 is 0 Å². The van der Waals surface area contributed by atoms with Crippen LogP contribution in [-0.4, -0.2) is 0 Å². The molecule has 2 rings (SSSR count). The number of benzene rings is 2. The van der Waals surface area contributed by atoms with Crippen molar-refractivity contribution in [1.29, 1.82) is 0 Å². The van der Waals surface area contributed by atoms with E-state index in [2.05, 4.69) is 0 Å². The predicted octanol–water partition coefficient (Wildman–Crippen LogP) is 1.72. The van der Waals surface area contributed by atoms with Gasteiger partial charge in [-0.3, -0.25) is 0 Å². The molecule has 0 saturated heterocycles. The Balaban J connectivity index is 2.71. The van der Waals surface area contributed by atoms with E-state index in [1.807, 2.05) is 0 Å². The number of rotatable bonds is 2. The zero-order chi connectivity index (χ0) is 17.6. The Kier molecular flexibility index (Phi) is 1.03. The molecule has 60 valence electrons. The minimum absolute atomic E-state index is 0.120. The van der Waals surface area contributed by atoms with E-state index in [-0.39, 0.29) is 30.3 Å². The third-order valence-corrected chi connectivity index (χ3v) is 6.95. The van der Waals surface area contributed by atoms with Crippen LogP contribution in [-0.2, 0) is 24.6 Å². The van der Waals surface area contributed by atoms with Crippen LogP contribution in [0.4, 0.5) is 0 Å². The van der Waals surface area contributed by atoms with Crippen LogP contribution in [0.3, 0.4) is 0 Å². The summed E-state index contributed by atoms with van der Waals surface area (Å²) in [7, 11) is 0. The van der Waals surface area contributed by atoms with Crippen molar-refractivity contribution in [3.63, 3.8) is 0 Å². The predicted molar refractivity (Wildman–Crippen MR) is 52.2 cm³/mol. The van der Waals surface area contributed by atoms with Gasteiger partial charge in [0.1, 0.15) is 0 Å². The van der Waals surface area contributed by atoms with Crippen LogP contribution in [0.25, 0.3) is 0 Å². The van der Waals surface area contributed by atoms with Gasteiger partial charge in [0.05, 0.1) is 0 Å². The van der Waals surface area contributed by atoms with Gasteiger partial charge in [-0.05, 0) is 0 Å². The Morgan fingerprint density at radius 3 is 1.46 bits per heavy atom. The van der Waals surface area contributed by atoms with Gasteiger partial charge in [-0.1, -0.05) is 0 Å². The van der Waals surface area contributed by atoms with Crippen LogP contribution >= 0.6 is 0 Å². The molecule has 0 bridgehead atoms. The summed E-state index contributed by atoms with van der Waals surface area (Å²) >= 11 is -2.78. The quantitative estimate of drug-likeness (QED) is 0.712. The van der Waals surface area contributed by atoms with Crippen LogP contribution in [0.1, 0.15) is 13.7 Å². The number of hydrogen-bond acceptors (Lipinski definition) is 0. The standard InChI is InChI=1S/2C6H5.Hg/c2*1-2-4-6-5-3-1;/h2*1-5H;/i2*1D,2D,3D,4D,5D;. The van der Waals surface area contributed by atoms with Gasteiger partial charge in [0.15, 0.2) is 0 Å². The molecule has 2 aromatic carbocycles. The van der Waals surface area contributed by atoms with E-state index in [0.29, 0.717) is 0 Å². The van der Waals surface area contributed by atoms with Gasteiger partial charge in [-0.2, -0.15) is 0 Å². The molecule has 0 aliphatic carbocycles. The summed E-state index contributed by atoms with van der Waals surface area (Å²) in [5, 5.41) is 0. The first-order valence-corrected chi connectivity index (χ1v) is 9.20. The summed E-state index contributed by atoms with van der Waals surface area (Å²) in [4.78, 5) is 0. The van der Waals surface area contributed by atoms with E-state index in [9.17, 15) is 0 Å². The third-order valence-electron chi connectivity index (χ3n) is 1.46. The van der Waals surface area contributed by atoms with Crippen LogP contribution in [0.2, 0.25) is 0 Å². The molecule has 0 nitrogen and oxygen atoms in total. The fourth-order valence-corrected chi connectivity index (χ4v) is 5.03. The maximum absolute atomic E-state index is 7.91. The Hall–Kier alpha value is -0.625. The molecule has 0 aliphatic heterocycles. The first-order chi connectivity index (χ1) is 10.6. The van der Waals surface area contributed by atoms with E-state index < -0.39 is 60.8 Å². The molecule has 0 unspecified atom stereocenters. The molecule has 1 heteroatoms. The van der Waals surface area contributed by atoms with Gasteiger partial charge in [0.25, 0.3) is 0 Å². The zero-order valence-corrected chi connectivity index (χ0v) is 12.2. The second kappa shape index (κ2) is 4.57. The SMILES string of the molecule is [2H]c1c([2H])c([2H])[c]([Hg][c]2c([2H])c([2H])c([2H])c([2H])c2[2H])c([2H])c1[2H]. The molecule has 0 radical (unpaired) electrons. The fourth-order valence-electron chi connectivity index (χ4n) is 0.905.